The second-order valence-corrected chi connectivity index (χ2v) is 6.72. The molecule has 0 bridgehead atoms. The number of carbonyl (C=O) groups is 4. The first-order chi connectivity index (χ1) is 14.3. The Bertz CT molecular complexity index is 943. The molecule has 0 aliphatic rings. The van der Waals surface area contributed by atoms with Crippen molar-refractivity contribution in [2.75, 3.05) is 24.4 Å². The molecule has 0 atom stereocenters. The summed E-state index contributed by atoms with van der Waals surface area (Å²) >= 11 is 5.89. The van der Waals surface area contributed by atoms with Crippen molar-refractivity contribution in [1.82, 2.24) is 0 Å². The van der Waals surface area contributed by atoms with Crippen LogP contribution in [0.5, 0.6) is 0 Å². The van der Waals surface area contributed by atoms with Crippen LogP contribution in [0.3, 0.4) is 0 Å². The number of halogens is 1. The predicted octanol–water partition coefficient (Wildman–Crippen LogP) is 3.34. The lowest BCUT2D eigenvalue weighted by Gasteiger charge is -2.09. The molecule has 0 aliphatic heterocycles. The van der Waals surface area contributed by atoms with Gasteiger partial charge >= 0.3 is 11.9 Å². The number of amides is 2. The van der Waals surface area contributed by atoms with E-state index in [4.69, 9.17) is 16.3 Å². The third-order valence-electron chi connectivity index (χ3n) is 3.98. The first-order valence-electron chi connectivity index (χ1n) is 8.98. The molecule has 0 heterocycles. The fraction of sp³-hybridized carbons (Fsp3) is 0.238. The highest BCUT2D eigenvalue weighted by Gasteiger charge is 2.12. The Labute approximate surface area is 178 Å². The van der Waals surface area contributed by atoms with Crippen molar-refractivity contribution in [3.8, 4) is 0 Å². The van der Waals surface area contributed by atoms with Crippen LogP contribution < -0.4 is 10.6 Å². The minimum Gasteiger partial charge on any atom is -0.465 e. The Balaban J connectivity index is 1.72. The number of esters is 2. The van der Waals surface area contributed by atoms with E-state index >= 15 is 0 Å². The van der Waals surface area contributed by atoms with E-state index in [0.29, 0.717) is 22.0 Å². The van der Waals surface area contributed by atoms with Crippen LogP contribution in [0, 0.1) is 6.92 Å². The second kappa shape index (κ2) is 11.0. The highest BCUT2D eigenvalue weighted by molar-refractivity contribution is 6.31. The van der Waals surface area contributed by atoms with Gasteiger partial charge in [-0.25, -0.2) is 4.79 Å². The smallest absolute Gasteiger partial charge is 0.337 e. The first kappa shape index (κ1) is 22.9. The third kappa shape index (κ3) is 7.21. The van der Waals surface area contributed by atoms with Gasteiger partial charge in [0.1, 0.15) is 0 Å². The number of hydrogen-bond acceptors (Lipinski definition) is 6. The highest BCUT2D eigenvalue weighted by Crippen LogP contribution is 2.20. The van der Waals surface area contributed by atoms with Crippen LogP contribution in [0.2, 0.25) is 5.02 Å². The van der Waals surface area contributed by atoms with Crippen molar-refractivity contribution in [1.29, 1.82) is 0 Å². The number of ether oxygens (including phenoxy) is 2. The summed E-state index contributed by atoms with van der Waals surface area (Å²) in [5.41, 5.74) is 2.17. The quantitative estimate of drug-likeness (QED) is 0.619. The summed E-state index contributed by atoms with van der Waals surface area (Å²) in [6, 6.07) is 11.2. The zero-order valence-corrected chi connectivity index (χ0v) is 17.2. The molecule has 2 aromatic rings. The number of nitrogens with one attached hydrogen (secondary N) is 2. The lowest BCUT2D eigenvalue weighted by molar-refractivity contribution is -0.147. The van der Waals surface area contributed by atoms with Gasteiger partial charge in [0.05, 0.1) is 19.1 Å². The van der Waals surface area contributed by atoms with E-state index in [1.165, 1.54) is 19.2 Å². The molecule has 0 fully saturated rings. The molecule has 0 unspecified atom stereocenters. The number of hydrogen-bond donors (Lipinski definition) is 2. The molecule has 0 aromatic heterocycles. The number of anilines is 2. The second-order valence-electron chi connectivity index (χ2n) is 6.29. The van der Waals surface area contributed by atoms with Crippen LogP contribution in [-0.2, 0) is 23.9 Å². The summed E-state index contributed by atoms with van der Waals surface area (Å²) < 4.78 is 9.48. The average molecular weight is 433 g/mol. The van der Waals surface area contributed by atoms with E-state index in [1.54, 1.807) is 37.3 Å². The Morgan fingerprint density at radius 2 is 1.63 bits per heavy atom. The number of rotatable bonds is 8. The van der Waals surface area contributed by atoms with Crippen LogP contribution in [-0.4, -0.2) is 37.5 Å². The van der Waals surface area contributed by atoms with Crippen LogP contribution in [0.25, 0.3) is 0 Å². The maximum absolute atomic E-state index is 11.9. The van der Waals surface area contributed by atoms with Crippen molar-refractivity contribution in [2.45, 2.75) is 19.8 Å². The topological polar surface area (TPSA) is 111 Å². The van der Waals surface area contributed by atoms with Gasteiger partial charge in [-0.05, 0) is 48.9 Å². The molecule has 0 saturated carbocycles. The zero-order valence-electron chi connectivity index (χ0n) is 16.5. The molecule has 8 nitrogen and oxygen atoms in total. The van der Waals surface area contributed by atoms with Crippen LogP contribution >= 0.6 is 11.6 Å². The Kier molecular flexibility index (Phi) is 8.37. The Morgan fingerprint density at radius 3 is 2.30 bits per heavy atom. The summed E-state index contributed by atoms with van der Waals surface area (Å²) in [5.74, 6) is -2.07. The van der Waals surface area contributed by atoms with Crippen LogP contribution in [0.1, 0.15) is 28.8 Å². The van der Waals surface area contributed by atoms with Gasteiger partial charge in [0.25, 0.3) is 5.91 Å². The molecule has 9 heteroatoms. The summed E-state index contributed by atoms with van der Waals surface area (Å²) in [6.07, 6.45) is -0.303. The summed E-state index contributed by atoms with van der Waals surface area (Å²) in [6.45, 7) is 1.33. The molecule has 0 spiro atoms. The summed E-state index contributed by atoms with van der Waals surface area (Å²) in [7, 11) is 1.28. The Hall–Kier alpha value is -3.39. The number of aryl methyl sites for hydroxylation is 1. The van der Waals surface area contributed by atoms with Gasteiger partial charge < -0.3 is 20.1 Å². The van der Waals surface area contributed by atoms with Crippen LogP contribution in [0.4, 0.5) is 11.4 Å². The molecular weight excluding hydrogens is 412 g/mol. The predicted molar refractivity (Wildman–Crippen MR) is 111 cm³/mol. The monoisotopic (exact) mass is 432 g/mol. The van der Waals surface area contributed by atoms with Crippen LogP contribution in [0.15, 0.2) is 42.5 Å². The Morgan fingerprint density at radius 1 is 0.933 bits per heavy atom. The molecule has 0 radical (unpaired) electrons. The normalized spacial score (nSPS) is 10.1. The van der Waals surface area contributed by atoms with Crippen molar-refractivity contribution >= 4 is 46.7 Å². The van der Waals surface area contributed by atoms with E-state index in [0.717, 1.165) is 5.56 Å². The third-order valence-corrected chi connectivity index (χ3v) is 4.22. The minimum absolute atomic E-state index is 0.118. The molecule has 2 aromatic carbocycles. The van der Waals surface area contributed by atoms with Crippen molar-refractivity contribution < 1.29 is 28.7 Å². The molecule has 30 heavy (non-hydrogen) atoms. The zero-order chi connectivity index (χ0) is 22.1. The molecule has 2 amide bonds. The molecule has 2 rings (SSSR count). The maximum atomic E-state index is 11.9. The maximum Gasteiger partial charge on any atom is 0.337 e. The molecule has 0 saturated heterocycles. The summed E-state index contributed by atoms with van der Waals surface area (Å²) in [5, 5.41) is 5.68. The average Bonchev–Trinajstić information content (AvgIpc) is 2.73. The van der Waals surface area contributed by atoms with E-state index < -0.39 is 30.4 Å². The van der Waals surface area contributed by atoms with Gasteiger partial charge in [0, 0.05) is 22.8 Å². The molecule has 0 aliphatic carbocycles. The van der Waals surface area contributed by atoms with E-state index in [-0.39, 0.29) is 12.8 Å². The number of benzene rings is 2. The van der Waals surface area contributed by atoms with Crippen molar-refractivity contribution in [3.63, 3.8) is 0 Å². The number of carbonyl (C=O) groups excluding carboxylic acids is 4. The highest BCUT2D eigenvalue weighted by atomic mass is 35.5. The fourth-order valence-corrected chi connectivity index (χ4v) is 2.55. The van der Waals surface area contributed by atoms with E-state index in [2.05, 4.69) is 15.4 Å². The van der Waals surface area contributed by atoms with Gasteiger partial charge in [0.2, 0.25) is 5.91 Å². The van der Waals surface area contributed by atoms with Crippen molar-refractivity contribution in [2.24, 2.45) is 0 Å². The lowest BCUT2D eigenvalue weighted by Crippen LogP contribution is -2.22. The molecule has 2 N–H and O–H groups in total. The van der Waals surface area contributed by atoms with Crippen molar-refractivity contribution in [3.05, 3.63) is 58.6 Å². The van der Waals surface area contributed by atoms with Gasteiger partial charge in [0.15, 0.2) is 6.61 Å². The number of methoxy groups -OCH3 is 1. The van der Waals surface area contributed by atoms with E-state index in [9.17, 15) is 19.2 Å². The minimum atomic E-state index is -0.677. The SMILES string of the molecule is COC(=O)c1ccc(NC(=O)CCC(=O)OCC(=O)Nc2cc(Cl)ccc2C)cc1. The van der Waals surface area contributed by atoms with Gasteiger partial charge in [-0.1, -0.05) is 17.7 Å². The molecule has 158 valence electrons. The van der Waals surface area contributed by atoms with Gasteiger partial charge in [-0.3, -0.25) is 14.4 Å². The van der Waals surface area contributed by atoms with Gasteiger partial charge in [-0.15, -0.1) is 0 Å². The van der Waals surface area contributed by atoms with Gasteiger partial charge in [-0.2, -0.15) is 0 Å². The standard InChI is InChI=1S/C21H21ClN2O6/c1-13-3-6-15(22)11-17(13)24-19(26)12-30-20(27)10-9-18(25)23-16-7-4-14(5-8-16)21(28)29-2/h3-8,11H,9-10,12H2,1-2H3,(H,23,25)(H,24,26). The fourth-order valence-electron chi connectivity index (χ4n) is 2.38. The largest absolute Gasteiger partial charge is 0.465 e. The summed E-state index contributed by atoms with van der Waals surface area (Å²) in [4.78, 5) is 47.0. The lowest BCUT2D eigenvalue weighted by atomic mass is 10.2. The molecular formula is C21H21ClN2O6. The van der Waals surface area contributed by atoms with E-state index in [1.807, 2.05) is 0 Å². The first-order valence-corrected chi connectivity index (χ1v) is 9.36.